The van der Waals surface area contributed by atoms with E-state index in [1.807, 2.05) is 97.9 Å². The highest BCUT2D eigenvalue weighted by Gasteiger charge is 2.62. The molecule has 4 heteroatoms. The van der Waals surface area contributed by atoms with Gasteiger partial charge in [0.25, 0.3) is 0 Å². The summed E-state index contributed by atoms with van der Waals surface area (Å²) in [5, 5.41) is 0. The van der Waals surface area contributed by atoms with Crippen LogP contribution in [-0.2, 0) is 20.9 Å². The Balaban J connectivity index is 1.60. The molecule has 1 aliphatic rings. The number of esters is 1. The molecule has 0 N–H and O–H groups in total. The SMILES string of the molecule is CCOC(=O)C1(N=C(c2ccccc2)c2ccccc2)C[C@H]1COCc1ccccc1. The van der Waals surface area contributed by atoms with E-state index < -0.39 is 5.54 Å². The van der Waals surface area contributed by atoms with Gasteiger partial charge in [-0.05, 0) is 18.9 Å². The first kappa shape index (κ1) is 21.0. The van der Waals surface area contributed by atoms with Gasteiger partial charge >= 0.3 is 5.97 Å². The van der Waals surface area contributed by atoms with E-state index in [9.17, 15) is 4.79 Å². The highest BCUT2D eigenvalue weighted by atomic mass is 16.5. The lowest BCUT2D eigenvalue weighted by Gasteiger charge is -2.16. The number of rotatable bonds is 9. The molecule has 1 saturated carbocycles. The normalized spacial score (nSPS) is 19.5. The minimum absolute atomic E-state index is 0.00214. The minimum Gasteiger partial charge on any atom is -0.464 e. The molecule has 0 aliphatic heterocycles. The number of hydrogen-bond donors (Lipinski definition) is 0. The summed E-state index contributed by atoms with van der Waals surface area (Å²) < 4.78 is 11.4. The molecule has 3 aromatic carbocycles. The van der Waals surface area contributed by atoms with E-state index in [-0.39, 0.29) is 11.9 Å². The first-order valence-corrected chi connectivity index (χ1v) is 10.7. The lowest BCUT2D eigenvalue weighted by molar-refractivity contribution is -0.146. The van der Waals surface area contributed by atoms with Crippen molar-refractivity contribution in [3.63, 3.8) is 0 Å². The molecule has 2 atom stereocenters. The molecule has 4 nitrogen and oxygen atoms in total. The van der Waals surface area contributed by atoms with E-state index in [1.54, 1.807) is 0 Å². The van der Waals surface area contributed by atoms with Crippen molar-refractivity contribution in [2.75, 3.05) is 13.2 Å². The summed E-state index contributed by atoms with van der Waals surface area (Å²) in [5.74, 6) is -0.273. The van der Waals surface area contributed by atoms with Crippen molar-refractivity contribution in [1.82, 2.24) is 0 Å². The predicted octanol–water partition coefficient (Wildman–Crippen LogP) is 5.06. The van der Waals surface area contributed by atoms with E-state index >= 15 is 0 Å². The maximum atomic E-state index is 13.0. The predicted molar refractivity (Wildman–Crippen MR) is 122 cm³/mol. The fourth-order valence-electron chi connectivity index (χ4n) is 3.78. The largest absolute Gasteiger partial charge is 0.464 e. The molecular formula is C27H27NO3. The monoisotopic (exact) mass is 413 g/mol. The zero-order valence-electron chi connectivity index (χ0n) is 17.7. The Morgan fingerprint density at radius 1 is 0.903 bits per heavy atom. The van der Waals surface area contributed by atoms with Crippen molar-refractivity contribution in [3.8, 4) is 0 Å². The van der Waals surface area contributed by atoms with Crippen LogP contribution in [0.3, 0.4) is 0 Å². The van der Waals surface area contributed by atoms with Crippen LogP contribution in [0.1, 0.15) is 30.0 Å². The molecule has 1 aliphatic carbocycles. The van der Waals surface area contributed by atoms with E-state index in [0.717, 1.165) is 22.4 Å². The second-order valence-electron chi connectivity index (χ2n) is 7.74. The van der Waals surface area contributed by atoms with Crippen molar-refractivity contribution in [1.29, 1.82) is 0 Å². The standard InChI is InChI=1S/C27H27NO3/c1-2-31-26(29)27(18-24(27)20-30-19-21-12-6-3-7-13-21)28-25(22-14-8-4-9-15-22)23-16-10-5-11-17-23/h3-17,24H,2,18-20H2,1H3/t24-,27?/m0/s1. The molecule has 1 unspecified atom stereocenters. The Morgan fingerprint density at radius 3 is 2.00 bits per heavy atom. The average molecular weight is 414 g/mol. The van der Waals surface area contributed by atoms with Gasteiger partial charge in [0.2, 0.25) is 0 Å². The number of benzene rings is 3. The van der Waals surface area contributed by atoms with Crippen molar-refractivity contribution < 1.29 is 14.3 Å². The Kier molecular flexibility index (Phi) is 6.58. The summed E-state index contributed by atoms with van der Waals surface area (Å²) >= 11 is 0. The van der Waals surface area contributed by atoms with Gasteiger partial charge < -0.3 is 9.47 Å². The molecule has 158 valence electrons. The van der Waals surface area contributed by atoms with Gasteiger partial charge in [0.15, 0.2) is 5.54 Å². The highest BCUT2D eigenvalue weighted by Crippen LogP contribution is 2.49. The molecule has 0 aromatic heterocycles. The Bertz CT molecular complexity index is 977. The van der Waals surface area contributed by atoms with Crippen molar-refractivity contribution in [3.05, 3.63) is 108 Å². The summed E-state index contributed by atoms with van der Waals surface area (Å²) in [6, 6.07) is 30.0. The Morgan fingerprint density at radius 2 is 1.45 bits per heavy atom. The first-order chi connectivity index (χ1) is 15.2. The van der Waals surface area contributed by atoms with Gasteiger partial charge in [-0.2, -0.15) is 0 Å². The first-order valence-electron chi connectivity index (χ1n) is 10.7. The second-order valence-corrected chi connectivity index (χ2v) is 7.74. The number of carbonyl (C=O) groups excluding carboxylic acids is 1. The molecule has 0 spiro atoms. The smallest absolute Gasteiger partial charge is 0.334 e. The molecule has 0 bridgehead atoms. The summed E-state index contributed by atoms with van der Waals surface area (Å²) in [5.41, 5.74) is 2.98. The van der Waals surface area contributed by atoms with E-state index in [4.69, 9.17) is 14.5 Å². The van der Waals surface area contributed by atoms with Crippen molar-refractivity contribution in [2.24, 2.45) is 10.9 Å². The third kappa shape index (κ3) is 4.92. The third-order valence-corrected chi connectivity index (χ3v) is 5.54. The summed E-state index contributed by atoms with van der Waals surface area (Å²) in [6.45, 7) is 3.14. The number of ether oxygens (including phenoxy) is 2. The van der Waals surface area contributed by atoms with Gasteiger partial charge in [0.1, 0.15) is 0 Å². The Hall–Kier alpha value is -3.24. The van der Waals surface area contributed by atoms with Crippen LogP contribution in [0.5, 0.6) is 0 Å². The zero-order chi connectivity index (χ0) is 21.5. The van der Waals surface area contributed by atoms with Crippen LogP contribution in [0.25, 0.3) is 0 Å². The molecular weight excluding hydrogens is 386 g/mol. The minimum atomic E-state index is -0.895. The van der Waals surface area contributed by atoms with Gasteiger partial charge in [0.05, 0.1) is 25.5 Å². The van der Waals surface area contributed by atoms with Crippen LogP contribution in [-0.4, -0.2) is 30.4 Å². The van der Waals surface area contributed by atoms with Crippen LogP contribution in [0.4, 0.5) is 0 Å². The molecule has 4 rings (SSSR count). The maximum Gasteiger partial charge on any atom is 0.334 e. The molecule has 3 aromatic rings. The molecule has 0 heterocycles. The second kappa shape index (κ2) is 9.71. The van der Waals surface area contributed by atoms with Crippen molar-refractivity contribution >= 4 is 11.7 Å². The quantitative estimate of drug-likeness (QED) is 0.364. The van der Waals surface area contributed by atoms with Gasteiger partial charge in [0, 0.05) is 17.0 Å². The van der Waals surface area contributed by atoms with Crippen molar-refractivity contribution in [2.45, 2.75) is 25.5 Å². The third-order valence-electron chi connectivity index (χ3n) is 5.54. The lowest BCUT2D eigenvalue weighted by Crippen LogP contribution is -2.29. The zero-order valence-corrected chi connectivity index (χ0v) is 17.7. The van der Waals surface area contributed by atoms with Gasteiger partial charge in [-0.25, -0.2) is 4.79 Å². The number of nitrogens with zero attached hydrogens (tertiary/aromatic N) is 1. The van der Waals surface area contributed by atoms with Crippen LogP contribution < -0.4 is 0 Å². The topological polar surface area (TPSA) is 47.9 Å². The highest BCUT2D eigenvalue weighted by molar-refractivity contribution is 6.14. The van der Waals surface area contributed by atoms with E-state index in [2.05, 4.69) is 0 Å². The van der Waals surface area contributed by atoms with Gasteiger partial charge in [-0.1, -0.05) is 91.0 Å². The number of hydrogen-bond acceptors (Lipinski definition) is 4. The average Bonchev–Trinajstić information content (AvgIpc) is 3.53. The van der Waals surface area contributed by atoms with E-state index in [1.165, 1.54) is 0 Å². The van der Waals surface area contributed by atoms with Crippen LogP contribution in [0.2, 0.25) is 0 Å². The van der Waals surface area contributed by atoms with Crippen LogP contribution in [0, 0.1) is 5.92 Å². The summed E-state index contributed by atoms with van der Waals surface area (Å²) in [7, 11) is 0. The molecule has 0 amide bonds. The summed E-state index contributed by atoms with van der Waals surface area (Å²) in [6.07, 6.45) is 0.629. The van der Waals surface area contributed by atoms with E-state index in [0.29, 0.717) is 26.2 Å². The molecule has 31 heavy (non-hydrogen) atoms. The molecule has 0 radical (unpaired) electrons. The molecule has 1 fully saturated rings. The lowest BCUT2D eigenvalue weighted by atomic mass is 10.0. The summed E-state index contributed by atoms with van der Waals surface area (Å²) in [4.78, 5) is 18.0. The fourth-order valence-corrected chi connectivity index (χ4v) is 3.78. The van der Waals surface area contributed by atoms with Crippen LogP contribution >= 0.6 is 0 Å². The Labute approximate surface area is 183 Å². The molecule has 0 saturated heterocycles. The fraction of sp³-hybridized carbons (Fsp3) is 0.259. The number of aliphatic imine (C=N–C) groups is 1. The maximum absolute atomic E-state index is 13.0. The van der Waals surface area contributed by atoms with Gasteiger partial charge in [-0.15, -0.1) is 0 Å². The van der Waals surface area contributed by atoms with Gasteiger partial charge in [-0.3, -0.25) is 4.99 Å². The number of carbonyl (C=O) groups is 1. The van der Waals surface area contributed by atoms with Crippen LogP contribution in [0.15, 0.2) is 96.0 Å².